The number of halogens is 1. The molecule has 1 amide bonds. The summed E-state index contributed by atoms with van der Waals surface area (Å²) in [4.78, 5) is 34.1. The van der Waals surface area contributed by atoms with Crippen LogP contribution in [-0.2, 0) is 6.54 Å². The van der Waals surface area contributed by atoms with Gasteiger partial charge in [-0.25, -0.2) is 4.98 Å². The number of rotatable bonds is 4. The maximum absolute atomic E-state index is 12.9. The van der Waals surface area contributed by atoms with Crippen LogP contribution in [0, 0.1) is 3.57 Å². The van der Waals surface area contributed by atoms with E-state index in [9.17, 15) is 9.59 Å². The van der Waals surface area contributed by atoms with Gasteiger partial charge in [-0.05, 0) is 72.8 Å². The van der Waals surface area contributed by atoms with Gasteiger partial charge >= 0.3 is 0 Å². The van der Waals surface area contributed by atoms with E-state index in [0.717, 1.165) is 3.57 Å². The minimum atomic E-state index is -0.189. The van der Waals surface area contributed by atoms with Crippen LogP contribution in [0.25, 0.3) is 10.9 Å². The summed E-state index contributed by atoms with van der Waals surface area (Å²) in [5.74, 6) is 0.401. The first-order valence-electron chi connectivity index (χ1n) is 8.00. The molecule has 0 saturated carbocycles. The molecule has 0 aliphatic carbocycles. The van der Waals surface area contributed by atoms with E-state index in [2.05, 4.69) is 32.6 Å². The second-order valence-corrected chi connectivity index (χ2v) is 7.31. The third kappa shape index (κ3) is 3.89. The molecule has 0 radical (unpaired) electrons. The molecule has 6 heteroatoms. The molecule has 128 valence electrons. The number of hydrogen-bond donors (Lipinski definition) is 1. The van der Waals surface area contributed by atoms with E-state index in [4.69, 9.17) is 0 Å². The third-order valence-corrected chi connectivity index (χ3v) is 4.68. The van der Waals surface area contributed by atoms with Crippen LogP contribution in [0.2, 0.25) is 0 Å². The van der Waals surface area contributed by atoms with Gasteiger partial charge in [-0.1, -0.05) is 12.1 Å². The quantitative estimate of drug-likeness (QED) is 0.622. The fraction of sp³-hybridized carbons (Fsp3) is 0.211. The summed E-state index contributed by atoms with van der Waals surface area (Å²) in [7, 11) is 0. The Morgan fingerprint density at radius 2 is 1.84 bits per heavy atom. The van der Waals surface area contributed by atoms with Crippen LogP contribution in [0.1, 0.15) is 30.0 Å². The Labute approximate surface area is 159 Å². The number of benzene rings is 2. The van der Waals surface area contributed by atoms with Gasteiger partial charge in [0.2, 0.25) is 0 Å². The number of fused-ring (bicyclic) bond motifs is 1. The van der Waals surface area contributed by atoms with E-state index in [1.165, 1.54) is 0 Å². The first-order chi connectivity index (χ1) is 12.0. The summed E-state index contributed by atoms with van der Waals surface area (Å²) in [6.45, 7) is 4.15. The van der Waals surface area contributed by atoms with Crippen molar-refractivity contribution in [1.29, 1.82) is 0 Å². The zero-order valence-electron chi connectivity index (χ0n) is 14.0. The normalized spacial score (nSPS) is 11.0. The zero-order valence-corrected chi connectivity index (χ0v) is 16.1. The molecular formula is C19H18IN3O2. The number of hydrogen-bond acceptors (Lipinski definition) is 3. The Hall–Kier alpha value is -2.22. The molecule has 0 aliphatic rings. The fourth-order valence-corrected chi connectivity index (χ4v) is 2.98. The molecule has 0 aliphatic heterocycles. The molecule has 1 N–H and O–H groups in total. The Morgan fingerprint density at radius 3 is 2.52 bits per heavy atom. The number of aromatic amines is 1. The molecule has 1 heterocycles. The first-order valence-corrected chi connectivity index (χ1v) is 9.08. The highest BCUT2D eigenvalue weighted by Crippen LogP contribution is 2.14. The van der Waals surface area contributed by atoms with Gasteiger partial charge in [-0.2, -0.15) is 0 Å². The predicted octanol–water partition coefficient (Wildman–Crippen LogP) is 3.58. The molecule has 0 fully saturated rings. The van der Waals surface area contributed by atoms with Gasteiger partial charge in [0.25, 0.3) is 11.5 Å². The summed E-state index contributed by atoms with van der Waals surface area (Å²) in [5.41, 5.74) is 1.06. The van der Waals surface area contributed by atoms with Crippen molar-refractivity contribution < 1.29 is 4.79 Å². The summed E-state index contributed by atoms with van der Waals surface area (Å²) in [6.07, 6.45) is 0. The molecule has 5 nitrogen and oxygen atoms in total. The van der Waals surface area contributed by atoms with Crippen molar-refractivity contribution in [3.63, 3.8) is 0 Å². The lowest BCUT2D eigenvalue weighted by Crippen LogP contribution is -2.37. The second kappa shape index (κ2) is 7.35. The predicted molar refractivity (Wildman–Crippen MR) is 107 cm³/mol. The first kappa shape index (κ1) is 17.6. The fourth-order valence-electron chi connectivity index (χ4n) is 2.62. The molecule has 3 rings (SSSR count). The van der Waals surface area contributed by atoms with Crippen molar-refractivity contribution in [2.75, 3.05) is 0 Å². The number of H-pyrrole nitrogens is 1. The summed E-state index contributed by atoms with van der Waals surface area (Å²) in [5, 5.41) is 0.548. The number of carbonyl (C=O) groups excluding carboxylic acids is 1. The molecule has 0 unspecified atom stereocenters. The average Bonchev–Trinajstić information content (AvgIpc) is 2.59. The highest BCUT2D eigenvalue weighted by atomic mass is 127. The Morgan fingerprint density at radius 1 is 1.16 bits per heavy atom. The standard InChI is InChI=1S/C19H18IN3O2/c1-12(2)23(19(25)13-7-9-14(20)10-8-13)11-17-21-16-6-4-3-5-15(16)18(24)22-17/h3-10,12H,11H2,1-2H3,(H,21,22,24). The molecule has 25 heavy (non-hydrogen) atoms. The second-order valence-electron chi connectivity index (χ2n) is 6.06. The number of nitrogens with one attached hydrogen (secondary N) is 1. The summed E-state index contributed by atoms with van der Waals surface area (Å²) in [6, 6.07) is 14.6. The van der Waals surface area contributed by atoms with Crippen molar-refractivity contribution in [2.24, 2.45) is 0 Å². The van der Waals surface area contributed by atoms with Crippen molar-refractivity contribution in [2.45, 2.75) is 26.4 Å². The van der Waals surface area contributed by atoms with E-state index >= 15 is 0 Å². The van der Waals surface area contributed by atoms with Crippen LogP contribution in [0.3, 0.4) is 0 Å². The summed E-state index contributed by atoms with van der Waals surface area (Å²) < 4.78 is 1.07. The topological polar surface area (TPSA) is 66.1 Å². The highest BCUT2D eigenvalue weighted by Gasteiger charge is 2.20. The lowest BCUT2D eigenvalue weighted by atomic mass is 10.1. The van der Waals surface area contributed by atoms with Gasteiger partial charge in [-0.3, -0.25) is 9.59 Å². The van der Waals surface area contributed by atoms with Crippen LogP contribution in [0.5, 0.6) is 0 Å². The van der Waals surface area contributed by atoms with Gasteiger partial charge in [0.05, 0.1) is 17.4 Å². The molecule has 1 aromatic heterocycles. The highest BCUT2D eigenvalue weighted by molar-refractivity contribution is 14.1. The van der Waals surface area contributed by atoms with E-state index in [-0.39, 0.29) is 24.1 Å². The number of carbonyl (C=O) groups is 1. The van der Waals surface area contributed by atoms with E-state index in [0.29, 0.717) is 22.3 Å². The van der Waals surface area contributed by atoms with Gasteiger partial charge < -0.3 is 9.88 Å². The van der Waals surface area contributed by atoms with Crippen molar-refractivity contribution in [3.8, 4) is 0 Å². The molecule has 0 saturated heterocycles. The van der Waals surface area contributed by atoms with Gasteiger partial charge in [-0.15, -0.1) is 0 Å². The van der Waals surface area contributed by atoms with Gasteiger partial charge in [0, 0.05) is 15.2 Å². The Balaban J connectivity index is 1.93. The Bertz CT molecular complexity index is 964. The van der Waals surface area contributed by atoms with Crippen LogP contribution >= 0.6 is 22.6 Å². The minimum absolute atomic E-state index is 0.0245. The Kier molecular flexibility index (Phi) is 5.17. The summed E-state index contributed by atoms with van der Waals surface area (Å²) >= 11 is 2.21. The molecule has 3 aromatic rings. The van der Waals surface area contributed by atoms with E-state index < -0.39 is 0 Å². The molecule has 0 spiro atoms. The van der Waals surface area contributed by atoms with E-state index in [1.807, 2.05) is 44.2 Å². The average molecular weight is 447 g/mol. The van der Waals surface area contributed by atoms with Crippen molar-refractivity contribution in [1.82, 2.24) is 14.9 Å². The lowest BCUT2D eigenvalue weighted by molar-refractivity contribution is 0.0685. The smallest absolute Gasteiger partial charge is 0.258 e. The van der Waals surface area contributed by atoms with Crippen LogP contribution in [0.4, 0.5) is 0 Å². The van der Waals surface area contributed by atoms with Gasteiger partial charge in [0.15, 0.2) is 0 Å². The number of para-hydroxylation sites is 1. The molecular weight excluding hydrogens is 429 g/mol. The SMILES string of the molecule is CC(C)N(Cc1nc2ccccc2c(=O)[nH]1)C(=O)c1ccc(I)cc1. The minimum Gasteiger partial charge on any atom is -0.329 e. The molecule has 0 bridgehead atoms. The third-order valence-electron chi connectivity index (χ3n) is 3.96. The van der Waals surface area contributed by atoms with Crippen LogP contribution < -0.4 is 5.56 Å². The molecule has 2 aromatic carbocycles. The van der Waals surface area contributed by atoms with Gasteiger partial charge in [0.1, 0.15) is 5.82 Å². The van der Waals surface area contributed by atoms with E-state index in [1.54, 1.807) is 23.1 Å². The zero-order chi connectivity index (χ0) is 18.0. The van der Waals surface area contributed by atoms with Crippen LogP contribution in [-0.4, -0.2) is 26.8 Å². The number of nitrogens with zero attached hydrogens (tertiary/aromatic N) is 2. The number of amides is 1. The molecule has 0 atom stereocenters. The van der Waals surface area contributed by atoms with Crippen molar-refractivity contribution in [3.05, 3.63) is 73.8 Å². The van der Waals surface area contributed by atoms with Crippen LogP contribution in [0.15, 0.2) is 53.3 Å². The maximum atomic E-state index is 12.9. The number of aromatic nitrogens is 2. The maximum Gasteiger partial charge on any atom is 0.258 e. The van der Waals surface area contributed by atoms with Crippen molar-refractivity contribution >= 4 is 39.4 Å². The lowest BCUT2D eigenvalue weighted by Gasteiger charge is -2.26. The largest absolute Gasteiger partial charge is 0.329 e. The monoisotopic (exact) mass is 447 g/mol.